The molecule has 0 saturated heterocycles. The topological polar surface area (TPSA) is 28.0 Å². The number of amidine groups is 2. The third-order valence-electron chi connectivity index (χ3n) is 4.18. The molecule has 19 heavy (non-hydrogen) atoms. The van der Waals surface area contributed by atoms with Crippen molar-refractivity contribution in [2.45, 2.75) is 26.2 Å². The van der Waals surface area contributed by atoms with Crippen LogP contribution < -0.4 is 0 Å². The van der Waals surface area contributed by atoms with Gasteiger partial charge in [0.25, 0.3) is 0 Å². The number of aliphatic imine (C=N–C) groups is 2. The maximum Gasteiger partial charge on any atom is 0.134 e. The van der Waals surface area contributed by atoms with E-state index in [4.69, 9.17) is 9.98 Å². The van der Waals surface area contributed by atoms with Crippen LogP contribution in [-0.2, 0) is 6.42 Å². The van der Waals surface area contributed by atoms with Crippen molar-refractivity contribution >= 4 is 17.4 Å². The first-order valence-electron chi connectivity index (χ1n) is 7.10. The van der Waals surface area contributed by atoms with Crippen LogP contribution in [0.15, 0.2) is 39.8 Å². The number of benzene rings is 1. The summed E-state index contributed by atoms with van der Waals surface area (Å²) in [5.41, 5.74) is 5.26. The molecule has 2 heterocycles. The smallest absolute Gasteiger partial charge is 0.134 e. The molecule has 0 atom stereocenters. The molecule has 0 radical (unpaired) electrons. The summed E-state index contributed by atoms with van der Waals surface area (Å²) in [5, 5.41) is 0. The molecule has 0 bridgehead atoms. The van der Waals surface area contributed by atoms with E-state index in [1.165, 1.54) is 34.1 Å². The van der Waals surface area contributed by atoms with Crippen LogP contribution in [0.3, 0.4) is 0 Å². The Balaban J connectivity index is 1.94. The molecule has 0 aromatic heterocycles. The normalized spacial score (nSPS) is 20.6. The van der Waals surface area contributed by atoms with Gasteiger partial charge in [-0.25, -0.2) is 4.99 Å². The van der Waals surface area contributed by atoms with Crippen molar-refractivity contribution in [3.05, 3.63) is 41.0 Å². The quantitative estimate of drug-likeness (QED) is 0.754. The van der Waals surface area contributed by atoms with Gasteiger partial charge in [-0.1, -0.05) is 31.2 Å². The van der Waals surface area contributed by atoms with E-state index in [1.54, 1.807) is 0 Å². The summed E-state index contributed by atoms with van der Waals surface area (Å²) >= 11 is 0. The monoisotopic (exact) mass is 251 g/mol. The van der Waals surface area contributed by atoms with E-state index in [-0.39, 0.29) is 0 Å². The predicted octanol–water partition coefficient (Wildman–Crippen LogP) is 2.88. The minimum absolute atomic E-state index is 0.910. The fourth-order valence-corrected chi connectivity index (χ4v) is 3.27. The predicted molar refractivity (Wildman–Crippen MR) is 78.4 cm³/mol. The molecule has 2 aliphatic heterocycles. The van der Waals surface area contributed by atoms with Crippen LogP contribution in [-0.4, -0.2) is 29.7 Å². The van der Waals surface area contributed by atoms with Crippen LogP contribution >= 0.6 is 0 Å². The molecule has 0 amide bonds. The average molecular weight is 251 g/mol. The molecule has 0 saturated carbocycles. The molecule has 0 spiro atoms. The Morgan fingerprint density at radius 1 is 1.21 bits per heavy atom. The van der Waals surface area contributed by atoms with Gasteiger partial charge in [0.15, 0.2) is 0 Å². The van der Waals surface area contributed by atoms with Gasteiger partial charge in [-0.3, -0.25) is 4.99 Å². The van der Waals surface area contributed by atoms with Crippen LogP contribution in [0.1, 0.15) is 30.9 Å². The second-order valence-electron chi connectivity index (χ2n) is 5.22. The zero-order chi connectivity index (χ0) is 12.8. The van der Waals surface area contributed by atoms with E-state index in [2.05, 4.69) is 36.1 Å². The Kier molecular flexibility index (Phi) is 2.34. The van der Waals surface area contributed by atoms with Crippen molar-refractivity contribution in [2.24, 2.45) is 9.98 Å². The minimum atomic E-state index is 0.910. The van der Waals surface area contributed by atoms with Gasteiger partial charge in [0.1, 0.15) is 11.7 Å². The van der Waals surface area contributed by atoms with E-state index in [0.717, 1.165) is 32.4 Å². The molecule has 0 unspecified atom stereocenters. The lowest BCUT2D eigenvalue weighted by Crippen LogP contribution is -2.38. The van der Waals surface area contributed by atoms with Crippen molar-refractivity contribution in [3.8, 4) is 0 Å². The van der Waals surface area contributed by atoms with Gasteiger partial charge >= 0.3 is 0 Å². The molecule has 1 aromatic rings. The number of aryl methyl sites for hydroxylation is 1. The van der Waals surface area contributed by atoms with Gasteiger partial charge in [-0.05, 0) is 18.4 Å². The van der Waals surface area contributed by atoms with Crippen molar-refractivity contribution in [1.29, 1.82) is 0 Å². The van der Waals surface area contributed by atoms with Crippen LogP contribution in [0, 0.1) is 0 Å². The lowest BCUT2D eigenvalue weighted by Gasteiger charge is -2.32. The average Bonchev–Trinajstić information content (AvgIpc) is 2.95. The van der Waals surface area contributed by atoms with Crippen molar-refractivity contribution in [3.63, 3.8) is 0 Å². The van der Waals surface area contributed by atoms with Crippen molar-refractivity contribution in [2.75, 3.05) is 13.1 Å². The summed E-state index contributed by atoms with van der Waals surface area (Å²) in [4.78, 5) is 12.0. The third-order valence-corrected chi connectivity index (χ3v) is 4.18. The number of nitrogens with zero attached hydrogens (tertiary/aromatic N) is 3. The van der Waals surface area contributed by atoms with Crippen molar-refractivity contribution in [1.82, 2.24) is 4.90 Å². The lowest BCUT2D eigenvalue weighted by molar-refractivity contribution is 0.641. The molecule has 0 N–H and O–H groups in total. The molecule has 3 aliphatic rings. The van der Waals surface area contributed by atoms with E-state index in [1.807, 2.05) is 0 Å². The maximum atomic E-state index is 4.95. The second kappa shape index (κ2) is 4.05. The molecule has 1 aliphatic carbocycles. The number of rotatable bonds is 1. The summed E-state index contributed by atoms with van der Waals surface area (Å²) in [6.45, 7) is 4.09. The molecule has 3 nitrogen and oxygen atoms in total. The highest BCUT2D eigenvalue weighted by Gasteiger charge is 2.33. The molecule has 3 heteroatoms. The lowest BCUT2D eigenvalue weighted by atomic mass is 9.88. The van der Waals surface area contributed by atoms with E-state index in [9.17, 15) is 0 Å². The largest absolute Gasteiger partial charge is 0.313 e. The Labute approximate surface area is 113 Å². The first kappa shape index (κ1) is 11.0. The van der Waals surface area contributed by atoms with Gasteiger partial charge in [0.05, 0.1) is 12.2 Å². The zero-order valence-corrected chi connectivity index (χ0v) is 11.2. The zero-order valence-electron chi connectivity index (χ0n) is 11.2. The first-order chi connectivity index (χ1) is 9.38. The molecule has 1 aromatic carbocycles. The van der Waals surface area contributed by atoms with Crippen LogP contribution in [0.25, 0.3) is 5.70 Å². The fraction of sp³-hybridized carbons (Fsp3) is 0.375. The van der Waals surface area contributed by atoms with Gasteiger partial charge in [0.2, 0.25) is 0 Å². The summed E-state index contributed by atoms with van der Waals surface area (Å²) in [6, 6.07) is 8.66. The molecular weight excluding hydrogens is 234 g/mol. The molecule has 96 valence electrons. The summed E-state index contributed by atoms with van der Waals surface area (Å²) in [7, 11) is 0. The minimum Gasteiger partial charge on any atom is -0.313 e. The van der Waals surface area contributed by atoms with E-state index >= 15 is 0 Å². The summed E-state index contributed by atoms with van der Waals surface area (Å²) in [6.07, 6.45) is 3.15. The molecule has 4 rings (SSSR count). The van der Waals surface area contributed by atoms with Gasteiger partial charge in [-0.15, -0.1) is 0 Å². The fourth-order valence-electron chi connectivity index (χ4n) is 3.27. The van der Waals surface area contributed by atoms with Gasteiger partial charge < -0.3 is 4.90 Å². The number of hydrogen-bond acceptors (Lipinski definition) is 3. The van der Waals surface area contributed by atoms with Crippen LogP contribution in [0.2, 0.25) is 0 Å². The Bertz CT molecular complexity index is 637. The highest BCUT2D eigenvalue weighted by Crippen LogP contribution is 2.37. The van der Waals surface area contributed by atoms with E-state index < -0.39 is 0 Å². The van der Waals surface area contributed by atoms with E-state index in [0.29, 0.717) is 0 Å². The standard InChI is InChI=1S/C16H17N3/c1-2-14-18-15-12-6-4-3-5-11(12)7-8-13(15)16-17-9-10-19(14)16/h3-6H,2,7-10H2,1H3. The summed E-state index contributed by atoms with van der Waals surface area (Å²) in [5.74, 6) is 2.36. The third kappa shape index (κ3) is 1.51. The summed E-state index contributed by atoms with van der Waals surface area (Å²) < 4.78 is 0. The van der Waals surface area contributed by atoms with Gasteiger partial charge in [-0.2, -0.15) is 0 Å². The Morgan fingerprint density at radius 3 is 3.00 bits per heavy atom. The number of hydrogen-bond donors (Lipinski definition) is 0. The maximum absolute atomic E-state index is 4.95. The molecule has 0 fully saturated rings. The Hall–Kier alpha value is -1.90. The van der Waals surface area contributed by atoms with Crippen LogP contribution in [0.5, 0.6) is 0 Å². The van der Waals surface area contributed by atoms with Crippen molar-refractivity contribution < 1.29 is 0 Å². The first-order valence-corrected chi connectivity index (χ1v) is 7.10. The molecular formula is C16H17N3. The van der Waals surface area contributed by atoms with Gasteiger partial charge in [0, 0.05) is 24.1 Å². The highest BCUT2D eigenvalue weighted by molar-refractivity contribution is 6.18. The Morgan fingerprint density at radius 2 is 2.11 bits per heavy atom. The number of fused-ring (bicyclic) bond motifs is 4. The SMILES string of the molecule is CCC1=NC2=C(CCc3ccccc32)C2=NCCN12. The van der Waals surface area contributed by atoms with Crippen LogP contribution in [0.4, 0.5) is 0 Å². The second-order valence-corrected chi connectivity index (χ2v) is 5.22. The highest BCUT2D eigenvalue weighted by atomic mass is 15.3.